The van der Waals surface area contributed by atoms with E-state index < -0.39 is 0 Å². The number of rotatable bonds is 3. The zero-order valence-corrected chi connectivity index (χ0v) is 9.01. The van der Waals surface area contributed by atoms with Crippen LogP contribution in [0.3, 0.4) is 0 Å². The SMILES string of the molecule is CCCC1(N2CCCC2=N)CCOC1. The second-order valence-corrected chi connectivity index (χ2v) is 4.48. The fourth-order valence-corrected chi connectivity index (χ4v) is 2.80. The highest BCUT2D eigenvalue weighted by molar-refractivity contribution is 5.81. The Morgan fingerprint density at radius 2 is 2.43 bits per heavy atom. The largest absolute Gasteiger partial charge is 0.379 e. The molecule has 2 aliphatic heterocycles. The molecule has 1 unspecified atom stereocenters. The molecule has 0 amide bonds. The maximum absolute atomic E-state index is 7.94. The second-order valence-electron chi connectivity index (χ2n) is 4.48. The Hall–Kier alpha value is -0.570. The van der Waals surface area contributed by atoms with Gasteiger partial charge in [0.05, 0.1) is 18.0 Å². The number of likely N-dealkylation sites (tertiary alicyclic amines) is 1. The first-order valence-electron chi connectivity index (χ1n) is 5.71. The molecule has 80 valence electrons. The van der Waals surface area contributed by atoms with Crippen LogP contribution in [0.2, 0.25) is 0 Å². The number of ether oxygens (including phenoxy) is 1. The Balaban J connectivity index is 2.12. The van der Waals surface area contributed by atoms with E-state index >= 15 is 0 Å². The Morgan fingerprint density at radius 3 is 2.93 bits per heavy atom. The van der Waals surface area contributed by atoms with E-state index in [-0.39, 0.29) is 5.54 Å². The van der Waals surface area contributed by atoms with E-state index in [1.165, 1.54) is 12.8 Å². The predicted octanol–water partition coefficient (Wildman–Crippen LogP) is 2.02. The molecule has 0 aromatic carbocycles. The Labute approximate surface area is 85.9 Å². The molecule has 0 aromatic rings. The highest BCUT2D eigenvalue weighted by Gasteiger charge is 2.42. The molecule has 2 rings (SSSR count). The van der Waals surface area contributed by atoms with Gasteiger partial charge >= 0.3 is 0 Å². The number of amidine groups is 1. The van der Waals surface area contributed by atoms with E-state index in [2.05, 4.69) is 11.8 Å². The Bertz CT molecular complexity index is 221. The smallest absolute Gasteiger partial charge is 0.0963 e. The van der Waals surface area contributed by atoms with Gasteiger partial charge in [0.2, 0.25) is 0 Å². The molecule has 3 nitrogen and oxygen atoms in total. The van der Waals surface area contributed by atoms with Gasteiger partial charge in [-0.1, -0.05) is 13.3 Å². The molecule has 0 saturated carbocycles. The van der Waals surface area contributed by atoms with Crippen molar-refractivity contribution in [2.45, 2.75) is 44.6 Å². The van der Waals surface area contributed by atoms with Crippen molar-refractivity contribution in [3.8, 4) is 0 Å². The van der Waals surface area contributed by atoms with E-state index in [4.69, 9.17) is 10.1 Å². The topological polar surface area (TPSA) is 36.3 Å². The average Bonchev–Trinajstić information content (AvgIpc) is 2.75. The summed E-state index contributed by atoms with van der Waals surface area (Å²) in [5.74, 6) is 0.837. The summed E-state index contributed by atoms with van der Waals surface area (Å²) >= 11 is 0. The second kappa shape index (κ2) is 3.89. The molecule has 0 radical (unpaired) electrons. The lowest BCUT2D eigenvalue weighted by Gasteiger charge is -2.38. The van der Waals surface area contributed by atoms with Crippen molar-refractivity contribution in [2.75, 3.05) is 19.8 Å². The molecule has 2 fully saturated rings. The number of hydrogen-bond donors (Lipinski definition) is 1. The van der Waals surface area contributed by atoms with Crippen LogP contribution in [-0.2, 0) is 4.74 Å². The first-order chi connectivity index (χ1) is 6.78. The molecule has 2 heterocycles. The molecule has 2 aliphatic rings. The molecular formula is C11H20N2O. The summed E-state index contributed by atoms with van der Waals surface area (Å²) in [4.78, 5) is 2.31. The van der Waals surface area contributed by atoms with Crippen molar-refractivity contribution in [3.63, 3.8) is 0 Å². The number of nitrogens with zero attached hydrogens (tertiary/aromatic N) is 1. The molecule has 1 atom stereocenters. The van der Waals surface area contributed by atoms with Gasteiger partial charge in [-0.05, 0) is 19.3 Å². The molecule has 0 spiro atoms. The predicted molar refractivity (Wildman–Crippen MR) is 56.7 cm³/mol. The molecule has 1 N–H and O–H groups in total. The van der Waals surface area contributed by atoms with E-state index in [0.717, 1.165) is 44.9 Å². The first-order valence-corrected chi connectivity index (χ1v) is 5.71. The zero-order valence-electron chi connectivity index (χ0n) is 9.01. The van der Waals surface area contributed by atoms with Gasteiger partial charge in [-0.25, -0.2) is 0 Å². The maximum atomic E-state index is 7.94. The van der Waals surface area contributed by atoms with E-state index in [9.17, 15) is 0 Å². The number of hydrogen-bond acceptors (Lipinski definition) is 2. The maximum Gasteiger partial charge on any atom is 0.0963 e. The van der Waals surface area contributed by atoms with Crippen LogP contribution in [0, 0.1) is 5.41 Å². The highest BCUT2D eigenvalue weighted by atomic mass is 16.5. The van der Waals surface area contributed by atoms with Gasteiger partial charge < -0.3 is 9.64 Å². The van der Waals surface area contributed by atoms with E-state index in [1.54, 1.807) is 0 Å². The summed E-state index contributed by atoms with van der Waals surface area (Å²) in [6.45, 7) is 5.01. The molecule has 3 heteroatoms. The molecule has 0 aromatic heterocycles. The molecule has 2 saturated heterocycles. The third kappa shape index (κ3) is 1.54. The van der Waals surface area contributed by atoms with Crippen molar-refractivity contribution < 1.29 is 4.74 Å². The average molecular weight is 196 g/mol. The monoisotopic (exact) mass is 196 g/mol. The van der Waals surface area contributed by atoms with Crippen molar-refractivity contribution in [3.05, 3.63) is 0 Å². The highest BCUT2D eigenvalue weighted by Crippen LogP contribution is 2.34. The Morgan fingerprint density at radius 1 is 1.57 bits per heavy atom. The lowest BCUT2D eigenvalue weighted by atomic mass is 9.91. The summed E-state index contributed by atoms with van der Waals surface area (Å²) in [5.41, 5.74) is 0.183. The standard InChI is InChI=1S/C11H20N2O/c1-2-5-11(6-8-14-9-11)13-7-3-4-10(13)12/h12H,2-9H2,1H3. The van der Waals surface area contributed by atoms with E-state index in [0.29, 0.717) is 0 Å². The van der Waals surface area contributed by atoms with Crippen LogP contribution >= 0.6 is 0 Å². The summed E-state index contributed by atoms with van der Waals surface area (Å²) in [6.07, 6.45) is 5.60. The fraction of sp³-hybridized carbons (Fsp3) is 0.909. The normalized spacial score (nSPS) is 32.9. The van der Waals surface area contributed by atoms with Crippen molar-refractivity contribution in [1.29, 1.82) is 5.41 Å². The molecule has 14 heavy (non-hydrogen) atoms. The van der Waals surface area contributed by atoms with Gasteiger partial charge in [0, 0.05) is 19.6 Å². The van der Waals surface area contributed by atoms with Gasteiger partial charge in [-0.15, -0.1) is 0 Å². The van der Waals surface area contributed by atoms with Gasteiger partial charge in [0.1, 0.15) is 0 Å². The van der Waals surface area contributed by atoms with Crippen LogP contribution in [0.1, 0.15) is 39.0 Å². The van der Waals surface area contributed by atoms with Crippen LogP contribution in [-0.4, -0.2) is 36.0 Å². The number of nitrogens with one attached hydrogen (secondary N) is 1. The van der Waals surface area contributed by atoms with E-state index in [1.807, 2.05) is 0 Å². The fourth-order valence-electron chi connectivity index (χ4n) is 2.80. The minimum Gasteiger partial charge on any atom is -0.379 e. The van der Waals surface area contributed by atoms with Gasteiger partial charge in [0.25, 0.3) is 0 Å². The van der Waals surface area contributed by atoms with Crippen molar-refractivity contribution >= 4 is 5.84 Å². The van der Waals surface area contributed by atoms with Crippen molar-refractivity contribution in [1.82, 2.24) is 4.90 Å². The molecule has 0 aliphatic carbocycles. The van der Waals surface area contributed by atoms with Gasteiger partial charge in [-0.2, -0.15) is 0 Å². The lowest BCUT2D eigenvalue weighted by Crippen LogP contribution is -2.49. The third-order valence-corrected chi connectivity index (χ3v) is 3.49. The lowest BCUT2D eigenvalue weighted by molar-refractivity contribution is 0.116. The summed E-state index contributed by atoms with van der Waals surface area (Å²) in [5, 5.41) is 7.94. The van der Waals surface area contributed by atoms with Gasteiger partial charge in [0.15, 0.2) is 0 Å². The Kier molecular flexibility index (Phi) is 2.77. The third-order valence-electron chi connectivity index (χ3n) is 3.49. The van der Waals surface area contributed by atoms with Crippen LogP contribution in [0.25, 0.3) is 0 Å². The summed E-state index contributed by atoms with van der Waals surface area (Å²) in [7, 11) is 0. The molecular weight excluding hydrogens is 176 g/mol. The summed E-state index contributed by atoms with van der Waals surface area (Å²) < 4.78 is 5.54. The van der Waals surface area contributed by atoms with Crippen LogP contribution in [0.15, 0.2) is 0 Å². The van der Waals surface area contributed by atoms with Crippen molar-refractivity contribution in [2.24, 2.45) is 0 Å². The van der Waals surface area contributed by atoms with Crippen LogP contribution in [0.5, 0.6) is 0 Å². The first kappa shape index (κ1) is 9.97. The minimum atomic E-state index is 0.183. The van der Waals surface area contributed by atoms with Crippen LogP contribution in [0.4, 0.5) is 0 Å². The zero-order chi connectivity index (χ0) is 10.0. The summed E-state index contributed by atoms with van der Waals surface area (Å²) in [6, 6.07) is 0. The minimum absolute atomic E-state index is 0.183. The quantitative estimate of drug-likeness (QED) is 0.749. The van der Waals surface area contributed by atoms with Crippen LogP contribution < -0.4 is 0 Å². The molecule has 0 bridgehead atoms. The van der Waals surface area contributed by atoms with Gasteiger partial charge in [-0.3, -0.25) is 5.41 Å².